The van der Waals surface area contributed by atoms with Gasteiger partial charge >= 0.3 is 0 Å². The minimum Gasteiger partial charge on any atom is -0.382 e. The number of carbonyl (C=O) groups is 1. The van der Waals surface area contributed by atoms with Crippen LogP contribution in [0.1, 0.15) is 52.9 Å². The van der Waals surface area contributed by atoms with Crippen LogP contribution in [0.15, 0.2) is 18.2 Å². The van der Waals surface area contributed by atoms with Gasteiger partial charge in [0.1, 0.15) is 0 Å². The van der Waals surface area contributed by atoms with E-state index in [4.69, 9.17) is 11.6 Å². The van der Waals surface area contributed by atoms with Gasteiger partial charge in [-0.25, -0.2) is 0 Å². The highest BCUT2D eigenvalue weighted by atomic mass is 35.5. The summed E-state index contributed by atoms with van der Waals surface area (Å²) in [5, 5.41) is 6.88. The molecule has 4 heteroatoms. The maximum Gasteiger partial charge on any atom is 0.221 e. The van der Waals surface area contributed by atoms with Gasteiger partial charge < -0.3 is 10.6 Å². The Morgan fingerprint density at radius 2 is 2.05 bits per heavy atom. The van der Waals surface area contributed by atoms with Crippen LogP contribution in [0.2, 0.25) is 5.02 Å². The van der Waals surface area contributed by atoms with E-state index in [-0.39, 0.29) is 5.91 Å². The van der Waals surface area contributed by atoms with E-state index in [1.54, 1.807) is 0 Å². The van der Waals surface area contributed by atoms with Gasteiger partial charge in [0.2, 0.25) is 5.91 Å². The van der Waals surface area contributed by atoms with E-state index in [0.717, 1.165) is 5.69 Å². The van der Waals surface area contributed by atoms with Gasteiger partial charge in [0.05, 0.1) is 10.7 Å². The first-order valence-electron chi connectivity index (χ1n) is 7.69. The van der Waals surface area contributed by atoms with Crippen LogP contribution in [0.5, 0.6) is 0 Å². The molecule has 0 bridgehead atoms. The lowest BCUT2D eigenvalue weighted by Gasteiger charge is -2.22. The summed E-state index contributed by atoms with van der Waals surface area (Å²) >= 11 is 6.21. The molecule has 21 heavy (non-hydrogen) atoms. The third-order valence-electron chi connectivity index (χ3n) is 4.23. The van der Waals surface area contributed by atoms with Crippen LogP contribution >= 0.6 is 11.6 Å². The lowest BCUT2D eigenvalue weighted by Crippen LogP contribution is -2.19. The predicted octanol–water partition coefficient (Wildman–Crippen LogP) is 5.07. The molecule has 1 amide bonds. The first kappa shape index (κ1) is 16.2. The van der Waals surface area contributed by atoms with Crippen molar-refractivity contribution in [3.63, 3.8) is 0 Å². The molecule has 1 aromatic rings. The summed E-state index contributed by atoms with van der Waals surface area (Å²) < 4.78 is 0. The maximum absolute atomic E-state index is 11.1. The summed E-state index contributed by atoms with van der Waals surface area (Å²) in [6.07, 6.45) is 6.21. The van der Waals surface area contributed by atoms with Crippen molar-refractivity contribution in [2.75, 3.05) is 10.6 Å². The summed E-state index contributed by atoms with van der Waals surface area (Å²) in [7, 11) is 0. The lowest BCUT2D eigenvalue weighted by atomic mass is 9.85. The first-order chi connectivity index (χ1) is 9.85. The molecule has 1 fully saturated rings. The molecule has 1 aromatic carbocycles. The average Bonchev–Trinajstić information content (AvgIpc) is 2.54. The van der Waals surface area contributed by atoms with Gasteiger partial charge in [0.15, 0.2) is 0 Å². The van der Waals surface area contributed by atoms with Gasteiger partial charge in [-0.2, -0.15) is 0 Å². The molecule has 0 radical (unpaired) electrons. The van der Waals surface area contributed by atoms with Crippen LogP contribution in [-0.2, 0) is 4.79 Å². The zero-order valence-corrected chi connectivity index (χ0v) is 13.9. The minimum atomic E-state index is -0.108. The Kier molecular flexibility index (Phi) is 5.15. The molecule has 2 rings (SSSR count). The van der Waals surface area contributed by atoms with Crippen molar-refractivity contribution in [1.29, 1.82) is 0 Å². The van der Waals surface area contributed by atoms with E-state index in [0.29, 0.717) is 22.2 Å². The van der Waals surface area contributed by atoms with Gasteiger partial charge in [-0.05, 0) is 49.3 Å². The second-order valence-electron chi connectivity index (χ2n) is 6.81. The second-order valence-corrected chi connectivity index (χ2v) is 7.22. The number of carbonyl (C=O) groups excluding carboxylic acids is 1. The van der Waals surface area contributed by atoms with Crippen molar-refractivity contribution < 1.29 is 4.79 Å². The van der Waals surface area contributed by atoms with Crippen LogP contribution in [0.4, 0.5) is 11.4 Å². The van der Waals surface area contributed by atoms with Crippen molar-refractivity contribution in [2.24, 2.45) is 5.41 Å². The van der Waals surface area contributed by atoms with E-state index in [9.17, 15) is 4.79 Å². The first-order valence-corrected chi connectivity index (χ1v) is 8.07. The molecule has 2 N–H and O–H groups in total. The van der Waals surface area contributed by atoms with Crippen molar-refractivity contribution >= 4 is 28.9 Å². The Morgan fingerprint density at radius 3 is 2.71 bits per heavy atom. The summed E-state index contributed by atoms with van der Waals surface area (Å²) in [5.74, 6) is -0.108. The summed E-state index contributed by atoms with van der Waals surface area (Å²) in [5.41, 5.74) is 2.15. The van der Waals surface area contributed by atoms with Gasteiger partial charge in [-0.3, -0.25) is 4.79 Å². The summed E-state index contributed by atoms with van der Waals surface area (Å²) in [6, 6.07) is 6.23. The Hall–Kier alpha value is -1.22. The van der Waals surface area contributed by atoms with Crippen LogP contribution in [-0.4, -0.2) is 11.9 Å². The fourth-order valence-corrected chi connectivity index (χ4v) is 3.17. The second kappa shape index (κ2) is 6.69. The third kappa shape index (κ3) is 4.92. The Morgan fingerprint density at radius 1 is 1.29 bits per heavy atom. The highest BCUT2D eigenvalue weighted by Crippen LogP contribution is 2.35. The normalized spacial score (nSPS) is 21.4. The minimum absolute atomic E-state index is 0.108. The van der Waals surface area contributed by atoms with Crippen LogP contribution in [0.25, 0.3) is 0 Å². The van der Waals surface area contributed by atoms with Crippen LogP contribution < -0.4 is 10.6 Å². The largest absolute Gasteiger partial charge is 0.382 e. The van der Waals surface area contributed by atoms with E-state index in [2.05, 4.69) is 24.5 Å². The smallest absolute Gasteiger partial charge is 0.221 e. The van der Waals surface area contributed by atoms with E-state index in [1.807, 2.05) is 18.2 Å². The highest BCUT2D eigenvalue weighted by Gasteiger charge is 2.24. The molecule has 0 saturated heterocycles. The van der Waals surface area contributed by atoms with Crippen molar-refractivity contribution in [1.82, 2.24) is 0 Å². The molecule has 0 spiro atoms. The summed E-state index contributed by atoms with van der Waals surface area (Å²) in [4.78, 5) is 11.1. The molecular formula is C17H25ClN2O. The van der Waals surface area contributed by atoms with Crippen LogP contribution in [0.3, 0.4) is 0 Å². The lowest BCUT2D eigenvalue weighted by molar-refractivity contribution is -0.114. The number of rotatable bonds is 3. The number of hydrogen-bond acceptors (Lipinski definition) is 2. The molecule has 1 saturated carbocycles. The standard InChI is InChI=1S/C17H25ClN2O/c1-12(21)19-16-7-6-14(11-15(16)18)20-13-5-4-9-17(2,3)10-8-13/h6-7,11,13,20H,4-5,8-10H2,1-3H3,(H,19,21). The number of hydrogen-bond donors (Lipinski definition) is 2. The molecule has 0 aromatic heterocycles. The zero-order valence-electron chi connectivity index (χ0n) is 13.1. The topological polar surface area (TPSA) is 41.1 Å². The summed E-state index contributed by atoms with van der Waals surface area (Å²) in [6.45, 7) is 6.19. The average molecular weight is 309 g/mol. The molecular weight excluding hydrogens is 284 g/mol. The molecule has 3 nitrogen and oxygen atoms in total. The van der Waals surface area contributed by atoms with Gasteiger partial charge in [0, 0.05) is 18.7 Å². The monoisotopic (exact) mass is 308 g/mol. The van der Waals surface area contributed by atoms with E-state index < -0.39 is 0 Å². The van der Waals surface area contributed by atoms with E-state index in [1.165, 1.54) is 39.0 Å². The van der Waals surface area contributed by atoms with Crippen molar-refractivity contribution in [3.05, 3.63) is 23.2 Å². The van der Waals surface area contributed by atoms with Crippen molar-refractivity contribution in [2.45, 2.75) is 58.9 Å². The number of nitrogens with one attached hydrogen (secondary N) is 2. The van der Waals surface area contributed by atoms with Gasteiger partial charge in [0.25, 0.3) is 0 Å². The molecule has 1 atom stereocenters. The quantitative estimate of drug-likeness (QED) is 0.765. The molecule has 116 valence electrons. The maximum atomic E-state index is 11.1. The Bertz CT molecular complexity index is 514. The molecule has 0 aliphatic heterocycles. The number of halogens is 1. The number of amides is 1. The van der Waals surface area contributed by atoms with E-state index >= 15 is 0 Å². The highest BCUT2D eigenvalue weighted by molar-refractivity contribution is 6.34. The fourth-order valence-electron chi connectivity index (χ4n) is 2.94. The fraction of sp³-hybridized carbons (Fsp3) is 0.588. The molecule has 1 aliphatic carbocycles. The number of anilines is 2. The number of benzene rings is 1. The molecule has 1 aliphatic rings. The van der Waals surface area contributed by atoms with Crippen LogP contribution in [0, 0.1) is 5.41 Å². The van der Waals surface area contributed by atoms with Gasteiger partial charge in [-0.15, -0.1) is 0 Å². The molecule has 1 unspecified atom stereocenters. The zero-order chi connectivity index (χ0) is 15.5. The Labute approximate surface area is 132 Å². The Balaban J connectivity index is 2.00. The SMILES string of the molecule is CC(=O)Nc1ccc(NC2CCCC(C)(C)CC2)cc1Cl. The van der Waals surface area contributed by atoms with Crippen molar-refractivity contribution in [3.8, 4) is 0 Å². The third-order valence-corrected chi connectivity index (χ3v) is 4.54. The molecule has 0 heterocycles. The predicted molar refractivity (Wildman–Crippen MR) is 90.0 cm³/mol. The van der Waals surface area contributed by atoms with Gasteiger partial charge in [-0.1, -0.05) is 31.9 Å².